The van der Waals surface area contributed by atoms with Gasteiger partial charge in [0.05, 0.1) is 19.1 Å². The van der Waals surface area contributed by atoms with Crippen LogP contribution in [0.5, 0.6) is 5.75 Å². The molecule has 1 saturated heterocycles. The molecule has 0 saturated carbocycles. The second kappa shape index (κ2) is 8.17. The van der Waals surface area contributed by atoms with Crippen LogP contribution in [0.1, 0.15) is 25.3 Å². The van der Waals surface area contributed by atoms with Gasteiger partial charge >= 0.3 is 6.09 Å². The first-order valence-electron chi connectivity index (χ1n) is 9.14. The molecule has 0 aromatic heterocycles. The number of nitrogens with zero attached hydrogens (tertiary/aromatic N) is 2. The number of carbonyl (C=O) groups excluding carboxylic acids is 1. The summed E-state index contributed by atoms with van der Waals surface area (Å²) in [5, 5.41) is 0. The fourth-order valence-corrected chi connectivity index (χ4v) is 3.64. The van der Waals surface area contributed by atoms with Gasteiger partial charge in [0.15, 0.2) is 0 Å². The van der Waals surface area contributed by atoms with Crippen LogP contribution >= 0.6 is 0 Å². The number of hydrogen-bond acceptors (Lipinski definition) is 5. The van der Waals surface area contributed by atoms with Gasteiger partial charge in [-0.15, -0.1) is 0 Å². The van der Waals surface area contributed by atoms with Gasteiger partial charge < -0.3 is 25.0 Å². The van der Waals surface area contributed by atoms with E-state index in [1.807, 2.05) is 29.2 Å². The lowest BCUT2D eigenvalue weighted by molar-refractivity contribution is 0.115. The highest BCUT2D eigenvalue weighted by Gasteiger charge is 2.29. The van der Waals surface area contributed by atoms with Gasteiger partial charge in [-0.05, 0) is 37.0 Å². The number of anilines is 2. The summed E-state index contributed by atoms with van der Waals surface area (Å²) >= 11 is 0. The minimum atomic E-state index is -0.271. The summed E-state index contributed by atoms with van der Waals surface area (Å²) in [6, 6.07) is 4.23. The van der Waals surface area contributed by atoms with Crippen LogP contribution in [0, 0.1) is 0 Å². The van der Waals surface area contributed by atoms with Gasteiger partial charge in [0.25, 0.3) is 0 Å². The monoisotopic (exact) mass is 357 g/mol. The Morgan fingerprint density at radius 3 is 2.73 bits per heavy atom. The summed E-state index contributed by atoms with van der Waals surface area (Å²) < 4.78 is 10.5. The van der Waals surface area contributed by atoms with Crippen molar-refractivity contribution in [2.24, 2.45) is 0 Å². The summed E-state index contributed by atoms with van der Waals surface area (Å²) in [5.74, 6) is 0.712. The summed E-state index contributed by atoms with van der Waals surface area (Å²) in [4.78, 5) is 16.4. The molecule has 6 heteroatoms. The third kappa shape index (κ3) is 3.79. The topological polar surface area (TPSA) is 68.0 Å². The first kappa shape index (κ1) is 18.2. The number of nitrogens with two attached hydrogens (primary N) is 1. The number of nitrogen functional groups attached to an aromatic ring is 1. The van der Waals surface area contributed by atoms with E-state index >= 15 is 0 Å². The van der Waals surface area contributed by atoms with Crippen molar-refractivity contribution in [3.05, 3.63) is 42.2 Å². The van der Waals surface area contributed by atoms with Gasteiger partial charge in [-0.3, -0.25) is 0 Å². The van der Waals surface area contributed by atoms with E-state index in [2.05, 4.69) is 11.8 Å². The maximum Gasteiger partial charge on any atom is 0.415 e. The third-order valence-corrected chi connectivity index (χ3v) is 5.09. The van der Waals surface area contributed by atoms with Crippen LogP contribution in [0.25, 0.3) is 0 Å². The molecule has 1 aromatic rings. The van der Waals surface area contributed by atoms with Gasteiger partial charge in [0.1, 0.15) is 5.75 Å². The molecule has 0 unspecified atom stereocenters. The van der Waals surface area contributed by atoms with Gasteiger partial charge in [0, 0.05) is 37.4 Å². The van der Waals surface area contributed by atoms with Crippen molar-refractivity contribution < 1.29 is 14.3 Å². The zero-order valence-corrected chi connectivity index (χ0v) is 15.5. The number of ether oxygens (including phenoxy) is 2. The number of piperidine rings is 1. The van der Waals surface area contributed by atoms with Crippen LogP contribution in [0.15, 0.2) is 36.6 Å². The van der Waals surface area contributed by atoms with E-state index < -0.39 is 0 Å². The van der Waals surface area contributed by atoms with Crippen LogP contribution in [-0.2, 0) is 11.2 Å². The van der Waals surface area contributed by atoms with Crippen LogP contribution < -0.4 is 15.4 Å². The molecular formula is C20H27N3O3. The Morgan fingerprint density at radius 1 is 1.27 bits per heavy atom. The number of carbonyl (C=O) groups is 1. The molecule has 0 bridgehead atoms. The largest absolute Gasteiger partial charge is 0.495 e. The average Bonchev–Trinajstić information content (AvgIpc) is 2.65. The van der Waals surface area contributed by atoms with Crippen LogP contribution in [0.3, 0.4) is 0 Å². The molecule has 0 radical (unpaired) electrons. The van der Waals surface area contributed by atoms with Crippen LogP contribution in [0.4, 0.5) is 16.2 Å². The van der Waals surface area contributed by atoms with Crippen molar-refractivity contribution in [1.29, 1.82) is 0 Å². The van der Waals surface area contributed by atoms with E-state index in [0.717, 1.165) is 32.4 Å². The molecule has 140 valence electrons. The van der Waals surface area contributed by atoms with E-state index in [0.29, 0.717) is 18.0 Å². The van der Waals surface area contributed by atoms with Crippen molar-refractivity contribution in [2.45, 2.75) is 32.2 Å². The highest BCUT2D eigenvalue weighted by Crippen LogP contribution is 2.34. The van der Waals surface area contributed by atoms with E-state index in [9.17, 15) is 4.79 Å². The molecule has 0 aliphatic carbocycles. The van der Waals surface area contributed by atoms with E-state index in [4.69, 9.17) is 15.2 Å². The quantitative estimate of drug-likeness (QED) is 0.837. The average molecular weight is 357 g/mol. The van der Waals surface area contributed by atoms with Gasteiger partial charge in [-0.1, -0.05) is 19.1 Å². The molecule has 6 nitrogen and oxygen atoms in total. The zero-order chi connectivity index (χ0) is 18.5. The number of cyclic esters (lactones) is 1. The summed E-state index contributed by atoms with van der Waals surface area (Å²) in [5.41, 5.74) is 9.13. The molecule has 0 spiro atoms. The fourth-order valence-electron chi connectivity index (χ4n) is 3.64. The first-order valence-corrected chi connectivity index (χ1v) is 9.14. The molecule has 3 rings (SSSR count). The SMILES string of the molecule is CCc1cc(N)c(OC)cc1N1CCC(N2CC=CC=COC2=O)CC1. The summed E-state index contributed by atoms with van der Waals surface area (Å²) in [7, 11) is 1.64. The number of benzene rings is 1. The van der Waals surface area contributed by atoms with Crippen LogP contribution in [-0.4, -0.2) is 43.8 Å². The van der Waals surface area contributed by atoms with Crippen molar-refractivity contribution in [3.8, 4) is 5.75 Å². The van der Waals surface area contributed by atoms with Crippen molar-refractivity contribution in [2.75, 3.05) is 37.4 Å². The highest BCUT2D eigenvalue weighted by molar-refractivity contribution is 5.70. The molecule has 2 heterocycles. The Labute approximate surface area is 154 Å². The Morgan fingerprint density at radius 2 is 2.04 bits per heavy atom. The summed E-state index contributed by atoms with van der Waals surface area (Å²) in [6.45, 7) is 4.49. The standard InChI is InChI=1S/C20H27N3O3/c1-3-15-13-17(21)19(25-2)14-18(15)22-10-7-16(8-11-22)23-9-5-4-6-12-26-20(23)24/h4-6,12-14,16H,3,7-11,21H2,1-2H3. The maximum atomic E-state index is 12.2. The Bertz CT molecular complexity index is 706. The number of allylic oxidation sites excluding steroid dienone is 2. The molecule has 2 N–H and O–H groups in total. The van der Waals surface area contributed by atoms with Gasteiger partial charge in [-0.2, -0.15) is 0 Å². The second-order valence-electron chi connectivity index (χ2n) is 6.59. The molecular weight excluding hydrogens is 330 g/mol. The number of amides is 1. The first-order chi connectivity index (χ1) is 12.6. The predicted molar refractivity (Wildman–Crippen MR) is 103 cm³/mol. The van der Waals surface area contributed by atoms with Crippen molar-refractivity contribution in [1.82, 2.24) is 4.90 Å². The van der Waals surface area contributed by atoms with E-state index in [-0.39, 0.29) is 12.1 Å². The Hall–Kier alpha value is -2.63. The number of aryl methyl sites for hydroxylation is 1. The normalized spacial score (nSPS) is 18.5. The van der Waals surface area contributed by atoms with Gasteiger partial charge in [0.2, 0.25) is 0 Å². The molecule has 1 aromatic carbocycles. The van der Waals surface area contributed by atoms with E-state index in [1.165, 1.54) is 17.5 Å². The Balaban J connectivity index is 1.71. The number of methoxy groups -OCH3 is 1. The second-order valence-corrected chi connectivity index (χ2v) is 6.59. The number of hydrogen-bond donors (Lipinski definition) is 1. The maximum absolute atomic E-state index is 12.2. The minimum absolute atomic E-state index is 0.190. The zero-order valence-electron chi connectivity index (χ0n) is 15.5. The molecule has 0 atom stereocenters. The van der Waals surface area contributed by atoms with E-state index in [1.54, 1.807) is 13.2 Å². The smallest absolute Gasteiger partial charge is 0.415 e. The lowest BCUT2D eigenvalue weighted by atomic mass is 10.00. The molecule has 1 amide bonds. The lowest BCUT2D eigenvalue weighted by Gasteiger charge is -2.39. The van der Waals surface area contributed by atoms with Gasteiger partial charge in [-0.25, -0.2) is 4.79 Å². The molecule has 26 heavy (non-hydrogen) atoms. The molecule has 2 aliphatic heterocycles. The predicted octanol–water partition coefficient (Wildman–Crippen LogP) is 3.33. The molecule has 2 aliphatic rings. The minimum Gasteiger partial charge on any atom is -0.495 e. The fraction of sp³-hybridized carbons (Fsp3) is 0.450. The Kier molecular flexibility index (Phi) is 5.71. The third-order valence-electron chi connectivity index (χ3n) is 5.09. The van der Waals surface area contributed by atoms with Crippen molar-refractivity contribution >= 4 is 17.5 Å². The lowest BCUT2D eigenvalue weighted by Crippen LogP contribution is -2.47. The number of rotatable bonds is 4. The highest BCUT2D eigenvalue weighted by atomic mass is 16.5. The molecule has 1 fully saturated rings. The summed E-state index contributed by atoms with van der Waals surface area (Å²) in [6.07, 6.45) is 9.52. The van der Waals surface area contributed by atoms with Crippen LogP contribution in [0.2, 0.25) is 0 Å². The van der Waals surface area contributed by atoms with Crippen molar-refractivity contribution in [3.63, 3.8) is 0 Å².